The first-order chi connectivity index (χ1) is 5.34. The van der Waals surface area contributed by atoms with Gasteiger partial charge in [0.1, 0.15) is 0 Å². The molecule has 0 radical (unpaired) electrons. The Labute approximate surface area is 67.7 Å². The highest BCUT2D eigenvalue weighted by Crippen LogP contribution is 2.09. The van der Waals surface area contributed by atoms with Crippen molar-refractivity contribution in [3.63, 3.8) is 0 Å². The van der Waals surface area contributed by atoms with Gasteiger partial charge in [-0.2, -0.15) is 0 Å². The van der Waals surface area contributed by atoms with Crippen LogP contribution in [0.1, 0.15) is 19.8 Å². The highest BCUT2D eigenvalue weighted by molar-refractivity contribution is 4.74. The summed E-state index contributed by atoms with van der Waals surface area (Å²) in [7, 11) is 0. The number of ether oxygens (including phenoxy) is 1. The Kier molecular flexibility index (Phi) is 3.83. The Morgan fingerprint density at radius 1 is 1.45 bits per heavy atom. The molecule has 0 aliphatic carbocycles. The average Bonchev–Trinajstić information content (AvgIpc) is 2.18. The molecule has 0 aromatic heterocycles. The summed E-state index contributed by atoms with van der Waals surface area (Å²) in [6.45, 7) is 4.53. The third kappa shape index (κ3) is 2.77. The van der Waals surface area contributed by atoms with Gasteiger partial charge in [-0.1, -0.05) is 0 Å². The quantitative estimate of drug-likeness (QED) is 0.602. The van der Waals surface area contributed by atoms with E-state index < -0.39 is 0 Å². The first-order valence-electron chi connectivity index (χ1n) is 4.35. The molecule has 1 aliphatic rings. The lowest BCUT2D eigenvalue weighted by atomic mass is 10.1. The van der Waals surface area contributed by atoms with E-state index >= 15 is 0 Å². The van der Waals surface area contributed by atoms with Gasteiger partial charge in [-0.3, -0.25) is 0 Å². The van der Waals surface area contributed by atoms with Gasteiger partial charge in [-0.15, -0.1) is 0 Å². The van der Waals surface area contributed by atoms with E-state index in [4.69, 9.17) is 4.74 Å². The van der Waals surface area contributed by atoms with Crippen molar-refractivity contribution in [2.75, 3.05) is 19.7 Å². The fourth-order valence-corrected chi connectivity index (χ4v) is 1.41. The molecule has 1 fully saturated rings. The second-order valence-electron chi connectivity index (χ2n) is 2.89. The molecule has 0 spiro atoms. The Morgan fingerprint density at radius 2 is 2.18 bits per heavy atom. The Morgan fingerprint density at radius 3 is 2.91 bits per heavy atom. The van der Waals surface area contributed by atoms with Crippen molar-refractivity contribution in [3.05, 3.63) is 0 Å². The molecule has 0 saturated carbocycles. The molecule has 1 aliphatic heterocycles. The van der Waals surface area contributed by atoms with Crippen LogP contribution >= 0.6 is 0 Å². The van der Waals surface area contributed by atoms with E-state index in [0.717, 1.165) is 25.9 Å². The van der Waals surface area contributed by atoms with Crippen LogP contribution < -0.4 is 5.32 Å². The Balaban J connectivity index is 2.32. The van der Waals surface area contributed by atoms with Gasteiger partial charge in [0, 0.05) is 6.61 Å². The molecule has 0 aromatic rings. The lowest BCUT2D eigenvalue weighted by Crippen LogP contribution is -2.28. The monoisotopic (exact) mass is 159 g/mol. The molecule has 2 N–H and O–H groups in total. The van der Waals surface area contributed by atoms with Crippen LogP contribution in [0.4, 0.5) is 0 Å². The van der Waals surface area contributed by atoms with Crippen LogP contribution in [0.2, 0.25) is 0 Å². The normalized spacial score (nSPS) is 33.3. The predicted molar refractivity (Wildman–Crippen MR) is 43.5 cm³/mol. The summed E-state index contributed by atoms with van der Waals surface area (Å²) in [4.78, 5) is 0. The molecule has 1 saturated heterocycles. The fraction of sp³-hybridized carbons (Fsp3) is 1.00. The third-order valence-corrected chi connectivity index (χ3v) is 2.03. The minimum atomic E-state index is -0.273. The molecule has 0 bridgehead atoms. The van der Waals surface area contributed by atoms with Gasteiger partial charge < -0.3 is 15.2 Å². The van der Waals surface area contributed by atoms with E-state index in [0.29, 0.717) is 6.61 Å². The summed E-state index contributed by atoms with van der Waals surface area (Å²) in [5, 5.41) is 12.7. The van der Waals surface area contributed by atoms with Crippen molar-refractivity contribution in [1.82, 2.24) is 5.32 Å². The number of rotatable bonds is 2. The first kappa shape index (κ1) is 8.97. The molecule has 11 heavy (non-hydrogen) atoms. The van der Waals surface area contributed by atoms with Gasteiger partial charge in [0.2, 0.25) is 0 Å². The molecule has 3 nitrogen and oxygen atoms in total. The van der Waals surface area contributed by atoms with Crippen molar-refractivity contribution in [2.45, 2.75) is 32.0 Å². The first-order valence-corrected chi connectivity index (χ1v) is 4.35. The lowest BCUT2D eigenvalue weighted by Gasteiger charge is -2.19. The van der Waals surface area contributed by atoms with E-state index in [1.54, 1.807) is 0 Å². The highest BCUT2D eigenvalue weighted by atomic mass is 16.5. The molecule has 0 amide bonds. The van der Waals surface area contributed by atoms with Crippen LogP contribution in [0, 0.1) is 0 Å². The number of hydrogen-bond acceptors (Lipinski definition) is 3. The fourth-order valence-electron chi connectivity index (χ4n) is 1.41. The highest BCUT2D eigenvalue weighted by Gasteiger charge is 2.20. The van der Waals surface area contributed by atoms with Crippen LogP contribution in [0.15, 0.2) is 0 Å². The molecule has 66 valence electrons. The molecular weight excluding hydrogens is 142 g/mol. The second kappa shape index (κ2) is 4.70. The minimum Gasteiger partial charge on any atom is -0.390 e. The number of aliphatic hydroxyl groups excluding tert-OH is 1. The Hall–Kier alpha value is -0.120. The zero-order valence-corrected chi connectivity index (χ0v) is 7.05. The second-order valence-corrected chi connectivity index (χ2v) is 2.89. The molecule has 2 unspecified atom stereocenters. The van der Waals surface area contributed by atoms with Crippen LogP contribution in [0.5, 0.6) is 0 Å². The van der Waals surface area contributed by atoms with Gasteiger partial charge >= 0.3 is 0 Å². The minimum absolute atomic E-state index is 0.0509. The standard InChI is InChI=1S/C8H17NO2/c1-2-11-8-4-6-9-5-3-7(8)10/h7-10H,2-6H2,1H3. The van der Waals surface area contributed by atoms with Gasteiger partial charge in [0.05, 0.1) is 12.2 Å². The van der Waals surface area contributed by atoms with Crippen molar-refractivity contribution in [1.29, 1.82) is 0 Å². The van der Waals surface area contributed by atoms with Crippen molar-refractivity contribution in [3.8, 4) is 0 Å². The van der Waals surface area contributed by atoms with E-state index in [1.165, 1.54) is 0 Å². The van der Waals surface area contributed by atoms with Gasteiger partial charge in [-0.05, 0) is 32.9 Å². The van der Waals surface area contributed by atoms with E-state index in [2.05, 4.69) is 5.32 Å². The van der Waals surface area contributed by atoms with Gasteiger partial charge in [0.25, 0.3) is 0 Å². The topological polar surface area (TPSA) is 41.5 Å². The average molecular weight is 159 g/mol. The third-order valence-electron chi connectivity index (χ3n) is 2.03. The summed E-state index contributed by atoms with van der Waals surface area (Å²) in [6.07, 6.45) is 1.51. The number of aliphatic hydroxyl groups is 1. The zero-order chi connectivity index (χ0) is 8.10. The van der Waals surface area contributed by atoms with Gasteiger partial charge in [-0.25, -0.2) is 0 Å². The molecule has 1 rings (SSSR count). The maximum atomic E-state index is 9.52. The summed E-state index contributed by atoms with van der Waals surface area (Å²) in [5.41, 5.74) is 0. The van der Waals surface area contributed by atoms with Crippen LogP contribution in [-0.2, 0) is 4.74 Å². The van der Waals surface area contributed by atoms with Crippen LogP contribution in [-0.4, -0.2) is 37.0 Å². The molecule has 0 aromatic carbocycles. The molecular formula is C8H17NO2. The zero-order valence-electron chi connectivity index (χ0n) is 7.05. The summed E-state index contributed by atoms with van der Waals surface area (Å²) in [6, 6.07) is 0. The van der Waals surface area contributed by atoms with Crippen molar-refractivity contribution in [2.24, 2.45) is 0 Å². The summed E-state index contributed by atoms with van der Waals surface area (Å²) < 4.78 is 5.39. The molecule has 3 heteroatoms. The largest absolute Gasteiger partial charge is 0.390 e. The number of hydrogen-bond donors (Lipinski definition) is 2. The van der Waals surface area contributed by atoms with E-state index in [9.17, 15) is 5.11 Å². The van der Waals surface area contributed by atoms with Crippen molar-refractivity contribution >= 4 is 0 Å². The maximum Gasteiger partial charge on any atom is 0.0846 e. The SMILES string of the molecule is CCOC1CCNCCC1O. The van der Waals surface area contributed by atoms with Crippen LogP contribution in [0.25, 0.3) is 0 Å². The van der Waals surface area contributed by atoms with Gasteiger partial charge in [0.15, 0.2) is 0 Å². The summed E-state index contributed by atoms with van der Waals surface area (Å²) in [5.74, 6) is 0. The Bertz CT molecular complexity index is 108. The number of nitrogens with one attached hydrogen (secondary N) is 1. The van der Waals surface area contributed by atoms with Crippen LogP contribution in [0.3, 0.4) is 0 Å². The molecule has 1 heterocycles. The van der Waals surface area contributed by atoms with E-state index in [-0.39, 0.29) is 12.2 Å². The van der Waals surface area contributed by atoms with Crippen molar-refractivity contribution < 1.29 is 9.84 Å². The maximum absolute atomic E-state index is 9.52. The molecule has 2 atom stereocenters. The van der Waals surface area contributed by atoms with E-state index in [1.807, 2.05) is 6.92 Å². The summed E-state index contributed by atoms with van der Waals surface area (Å²) >= 11 is 0. The lowest BCUT2D eigenvalue weighted by molar-refractivity contribution is -0.0328. The predicted octanol–water partition coefficient (Wildman–Crippen LogP) is 0.136. The smallest absolute Gasteiger partial charge is 0.0846 e.